The van der Waals surface area contributed by atoms with Crippen LogP contribution in [0.3, 0.4) is 0 Å². The summed E-state index contributed by atoms with van der Waals surface area (Å²) in [5.41, 5.74) is 0.731. The maximum Gasteiger partial charge on any atom is 0.254 e. The zero-order chi connectivity index (χ0) is 12.1. The van der Waals surface area contributed by atoms with Gasteiger partial charge >= 0.3 is 0 Å². The Morgan fingerprint density at radius 1 is 1.24 bits per heavy atom. The lowest BCUT2D eigenvalue weighted by Crippen LogP contribution is -2.49. The average molecular weight is 298 g/mol. The van der Waals surface area contributed by atoms with Gasteiger partial charge in [0.2, 0.25) is 0 Å². The average Bonchev–Trinajstić information content (AvgIpc) is 2.40. The van der Waals surface area contributed by atoms with E-state index in [-0.39, 0.29) is 5.91 Å². The molecule has 92 valence electrons. The summed E-state index contributed by atoms with van der Waals surface area (Å²) in [6.45, 7) is 4.60. The predicted molar refractivity (Wildman–Crippen MR) is 70.4 cm³/mol. The number of carbonyl (C=O) groups is 1. The second kappa shape index (κ2) is 6.12. The maximum atomic E-state index is 12.1. The lowest BCUT2D eigenvalue weighted by atomic mass is 10.2. The van der Waals surface area contributed by atoms with E-state index in [0.29, 0.717) is 0 Å². The van der Waals surface area contributed by atoms with Crippen LogP contribution in [0.25, 0.3) is 0 Å². The van der Waals surface area contributed by atoms with Gasteiger partial charge in [-0.05, 0) is 12.1 Å². The Bertz CT molecular complexity index is 363. The highest BCUT2D eigenvalue weighted by Crippen LogP contribution is 2.08. The topological polar surface area (TPSA) is 36.4 Å². The zero-order valence-corrected chi connectivity index (χ0v) is 11.3. The first-order chi connectivity index (χ1) is 8.31. The lowest BCUT2D eigenvalue weighted by Gasteiger charge is -2.34. The van der Waals surface area contributed by atoms with E-state index >= 15 is 0 Å². The Morgan fingerprint density at radius 2 is 1.88 bits per heavy atom. The minimum Gasteiger partial charge on any atom is -0.336 e. The van der Waals surface area contributed by atoms with Crippen molar-refractivity contribution < 1.29 is 4.79 Å². The zero-order valence-electron chi connectivity index (χ0n) is 9.68. The molecule has 1 amide bonds. The lowest BCUT2D eigenvalue weighted by molar-refractivity contribution is 0.0645. The smallest absolute Gasteiger partial charge is 0.254 e. The summed E-state index contributed by atoms with van der Waals surface area (Å²) >= 11 is 3.44. The summed E-state index contributed by atoms with van der Waals surface area (Å²) in [5.74, 6) is 0.117. The molecule has 0 unspecified atom stereocenters. The van der Waals surface area contributed by atoms with Crippen LogP contribution >= 0.6 is 15.9 Å². The van der Waals surface area contributed by atoms with E-state index < -0.39 is 0 Å². The van der Waals surface area contributed by atoms with Crippen molar-refractivity contribution in [2.24, 2.45) is 0 Å². The first kappa shape index (κ1) is 12.5. The van der Waals surface area contributed by atoms with E-state index in [1.54, 1.807) is 24.5 Å². The summed E-state index contributed by atoms with van der Waals surface area (Å²) in [6.07, 6.45) is 3.32. The number of halogens is 1. The second-order valence-corrected chi connectivity index (χ2v) is 4.85. The summed E-state index contributed by atoms with van der Waals surface area (Å²) in [6, 6.07) is 3.54. The highest BCUT2D eigenvalue weighted by atomic mass is 79.9. The van der Waals surface area contributed by atoms with Gasteiger partial charge in [0.15, 0.2) is 0 Å². The summed E-state index contributed by atoms with van der Waals surface area (Å²) < 4.78 is 0. The summed E-state index contributed by atoms with van der Waals surface area (Å²) in [7, 11) is 0. The van der Waals surface area contributed by atoms with Crippen molar-refractivity contribution in [1.82, 2.24) is 14.8 Å². The van der Waals surface area contributed by atoms with Gasteiger partial charge in [-0.25, -0.2) is 0 Å². The fourth-order valence-corrected chi connectivity index (χ4v) is 2.47. The fraction of sp³-hybridized carbons (Fsp3) is 0.500. The van der Waals surface area contributed by atoms with Crippen LogP contribution < -0.4 is 0 Å². The molecule has 1 aromatic heterocycles. The van der Waals surface area contributed by atoms with Crippen LogP contribution in [0.5, 0.6) is 0 Å². The van der Waals surface area contributed by atoms with Gasteiger partial charge in [-0.3, -0.25) is 14.7 Å². The van der Waals surface area contributed by atoms with Crippen LogP contribution in [0.2, 0.25) is 0 Å². The van der Waals surface area contributed by atoms with E-state index in [2.05, 4.69) is 25.8 Å². The number of hydrogen-bond acceptors (Lipinski definition) is 3. The minimum absolute atomic E-state index is 0.117. The molecule has 0 aliphatic carbocycles. The normalized spacial score (nSPS) is 17.1. The number of rotatable bonds is 3. The SMILES string of the molecule is O=C(c1ccncc1)N1CCN(CCBr)CC1. The van der Waals surface area contributed by atoms with Crippen molar-refractivity contribution in [2.45, 2.75) is 0 Å². The number of carbonyl (C=O) groups excluding carboxylic acids is 1. The van der Waals surface area contributed by atoms with Gasteiger partial charge in [-0.1, -0.05) is 15.9 Å². The Balaban J connectivity index is 1.91. The fourth-order valence-electron chi connectivity index (χ4n) is 1.97. The van der Waals surface area contributed by atoms with Gasteiger partial charge in [0, 0.05) is 56.0 Å². The number of amides is 1. The molecule has 0 aromatic carbocycles. The Hall–Kier alpha value is -0.940. The molecule has 0 saturated carbocycles. The predicted octanol–water partition coefficient (Wildman–Crippen LogP) is 1.23. The molecule has 0 N–H and O–H groups in total. The number of aromatic nitrogens is 1. The van der Waals surface area contributed by atoms with Crippen molar-refractivity contribution in [3.63, 3.8) is 0 Å². The van der Waals surface area contributed by atoms with Gasteiger partial charge in [-0.15, -0.1) is 0 Å². The molecule has 2 heterocycles. The van der Waals surface area contributed by atoms with Crippen LogP contribution in [0.1, 0.15) is 10.4 Å². The van der Waals surface area contributed by atoms with Crippen LogP contribution in [-0.4, -0.2) is 58.7 Å². The maximum absolute atomic E-state index is 12.1. The number of nitrogens with zero attached hydrogens (tertiary/aromatic N) is 3. The van der Waals surface area contributed by atoms with Crippen molar-refractivity contribution in [3.8, 4) is 0 Å². The molecule has 0 spiro atoms. The van der Waals surface area contributed by atoms with Crippen LogP contribution in [0.4, 0.5) is 0 Å². The van der Waals surface area contributed by atoms with Gasteiger partial charge < -0.3 is 4.90 Å². The Labute approximate surface area is 110 Å². The molecule has 0 radical (unpaired) electrons. The van der Waals surface area contributed by atoms with E-state index in [0.717, 1.165) is 43.6 Å². The molecule has 0 bridgehead atoms. The highest BCUT2D eigenvalue weighted by Gasteiger charge is 2.21. The van der Waals surface area contributed by atoms with E-state index in [4.69, 9.17) is 0 Å². The molecular formula is C12H16BrN3O. The third kappa shape index (κ3) is 3.26. The largest absolute Gasteiger partial charge is 0.336 e. The molecule has 1 aliphatic rings. The van der Waals surface area contributed by atoms with E-state index in [1.165, 1.54) is 0 Å². The van der Waals surface area contributed by atoms with Crippen molar-refractivity contribution in [1.29, 1.82) is 0 Å². The minimum atomic E-state index is 0.117. The molecule has 17 heavy (non-hydrogen) atoms. The van der Waals surface area contributed by atoms with Crippen LogP contribution in [0.15, 0.2) is 24.5 Å². The highest BCUT2D eigenvalue weighted by molar-refractivity contribution is 9.09. The number of pyridine rings is 1. The quantitative estimate of drug-likeness (QED) is 0.788. The van der Waals surface area contributed by atoms with Gasteiger partial charge in [-0.2, -0.15) is 0 Å². The van der Waals surface area contributed by atoms with E-state index in [1.807, 2.05) is 4.90 Å². The van der Waals surface area contributed by atoms with Gasteiger partial charge in [0.05, 0.1) is 0 Å². The molecule has 4 nitrogen and oxygen atoms in total. The summed E-state index contributed by atoms with van der Waals surface area (Å²) in [5, 5.41) is 0.991. The third-order valence-corrected chi connectivity index (χ3v) is 3.34. The standard InChI is InChI=1S/C12H16BrN3O/c13-3-6-15-7-9-16(10-8-15)12(17)11-1-4-14-5-2-11/h1-2,4-5H,3,6-10H2. The molecule has 1 fully saturated rings. The first-order valence-corrected chi connectivity index (χ1v) is 6.91. The molecule has 1 aromatic rings. The summed E-state index contributed by atoms with van der Waals surface area (Å²) in [4.78, 5) is 20.3. The molecule has 1 saturated heterocycles. The number of hydrogen-bond donors (Lipinski definition) is 0. The number of alkyl halides is 1. The second-order valence-electron chi connectivity index (χ2n) is 4.06. The van der Waals surface area contributed by atoms with Gasteiger partial charge in [0.1, 0.15) is 0 Å². The molecule has 1 aliphatic heterocycles. The Kier molecular flexibility index (Phi) is 4.50. The van der Waals surface area contributed by atoms with Gasteiger partial charge in [0.25, 0.3) is 5.91 Å². The molecule has 0 atom stereocenters. The molecular weight excluding hydrogens is 282 g/mol. The van der Waals surface area contributed by atoms with Crippen molar-refractivity contribution in [2.75, 3.05) is 38.1 Å². The van der Waals surface area contributed by atoms with Crippen molar-refractivity contribution >= 4 is 21.8 Å². The first-order valence-electron chi connectivity index (χ1n) is 5.79. The Morgan fingerprint density at radius 3 is 2.47 bits per heavy atom. The third-order valence-electron chi connectivity index (χ3n) is 2.99. The number of piperazine rings is 1. The molecule has 5 heteroatoms. The van der Waals surface area contributed by atoms with Crippen LogP contribution in [-0.2, 0) is 0 Å². The monoisotopic (exact) mass is 297 g/mol. The van der Waals surface area contributed by atoms with Crippen molar-refractivity contribution in [3.05, 3.63) is 30.1 Å². The van der Waals surface area contributed by atoms with E-state index in [9.17, 15) is 4.79 Å². The van der Waals surface area contributed by atoms with Crippen LogP contribution in [0, 0.1) is 0 Å². The molecule has 2 rings (SSSR count).